The molecule has 0 amide bonds. The summed E-state index contributed by atoms with van der Waals surface area (Å²) >= 11 is 3.35. The largest absolute Gasteiger partial charge is 0.465 e. The minimum Gasteiger partial charge on any atom is -0.465 e. The molecule has 0 saturated heterocycles. The first-order chi connectivity index (χ1) is 8.72. The maximum Gasteiger partial charge on any atom is 0.345 e. The summed E-state index contributed by atoms with van der Waals surface area (Å²) in [5, 5.41) is 0. The molecule has 0 saturated carbocycles. The van der Waals surface area contributed by atoms with Crippen molar-refractivity contribution in [3.63, 3.8) is 0 Å². The maximum atomic E-state index is 11.5. The minimum atomic E-state index is -0.544. The van der Waals surface area contributed by atoms with Crippen LogP contribution in [-0.4, -0.2) is 23.0 Å². The second kappa shape index (κ2) is 5.59. The first-order valence-corrected chi connectivity index (χ1v) is 5.82. The monoisotopic (exact) mass is 308 g/mol. The first kappa shape index (κ1) is 12.5. The van der Waals surface area contributed by atoms with E-state index >= 15 is 0 Å². The lowest BCUT2D eigenvalue weighted by atomic mass is 10.3. The van der Waals surface area contributed by atoms with E-state index in [1.807, 2.05) is 18.2 Å². The molecular weight excluding hydrogens is 300 g/mol. The molecule has 0 aliphatic heterocycles. The molecule has 92 valence electrons. The number of hydrogen-bond acceptors (Lipinski definition) is 5. The van der Waals surface area contributed by atoms with Crippen molar-refractivity contribution in [1.29, 1.82) is 0 Å². The third-order valence-corrected chi connectivity index (χ3v) is 2.78. The Labute approximate surface area is 112 Å². The molecule has 6 heteroatoms. The zero-order chi connectivity index (χ0) is 13.0. The molecule has 5 nitrogen and oxygen atoms in total. The van der Waals surface area contributed by atoms with E-state index < -0.39 is 5.97 Å². The quantitative estimate of drug-likeness (QED) is 0.816. The Hall–Kier alpha value is -1.95. The molecule has 1 heterocycles. The molecule has 0 unspecified atom stereocenters. The van der Waals surface area contributed by atoms with Crippen LogP contribution in [-0.2, 0) is 4.74 Å². The molecule has 0 N–H and O–H groups in total. The van der Waals surface area contributed by atoms with Gasteiger partial charge >= 0.3 is 5.97 Å². The Balaban J connectivity index is 2.35. The Bertz CT molecular complexity index is 575. The third-order valence-electron chi connectivity index (χ3n) is 2.12. The van der Waals surface area contributed by atoms with Gasteiger partial charge in [-0.15, -0.1) is 0 Å². The number of para-hydroxylation sites is 1. The molecule has 0 radical (unpaired) electrons. The molecular formula is C12H9BrN2O3. The second-order valence-corrected chi connectivity index (χ2v) is 4.12. The van der Waals surface area contributed by atoms with Crippen LogP contribution in [0.3, 0.4) is 0 Å². The van der Waals surface area contributed by atoms with Crippen molar-refractivity contribution in [3.05, 3.63) is 46.8 Å². The van der Waals surface area contributed by atoms with Crippen LogP contribution in [0.5, 0.6) is 11.6 Å². The van der Waals surface area contributed by atoms with Crippen LogP contribution in [0.1, 0.15) is 10.4 Å². The molecule has 0 aliphatic rings. The number of nitrogens with zero attached hydrogens (tertiary/aromatic N) is 2. The van der Waals surface area contributed by atoms with Crippen LogP contribution in [0.4, 0.5) is 0 Å². The molecule has 1 aromatic carbocycles. The van der Waals surface area contributed by atoms with Crippen LogP contribution in [0, 0.1) is 0 Å². The van der Waals surface area contributed by atoms with Gasteiger partial charge in [-0.3, -0.25) is 0 Å². The summed E-state index contributed by atoms with van der Waals surface area (Å²) in [7, 11) is 1.29. The van der Waals surface area contributed by atoms with Gasteiger partial charge in [-0.05, 0) is 28.1 Å². The van der Waals surface area contributed by atoms with Crippen LogP contribution in [0.2, 0.25) is 0 Å². The molecule has 0 aliphatic carbocycles. The second-order valence-electron chi connectivity index (χ2n) is 3.27. The zero-order valence-corrected chi connectivity index (χ0v) is 11.0. The number of hydrogen-bond donors (Lipinski definition) is 0. The fourth-order valence-corrected chi connectivity index (χ4v) is 1.65. The van der Waals surface area contributed by atoms with E-state index in [-0.39, 0.29) is 11.4 Å². The lowest BCUT2D eigenvalue weighted by Gasteiger charge is -2.08. The summed E-state index contributed by atoms with van der Waals surface area (Å²) in [6, 6.07) is 7.26. The number of esters is 1. The van der Waals surface area contributed by atoms with Gasteiger partial charge in [-0.25, -0.2) is 14.8 Å². The summed E-state index contributed by atoms with van der Waals surface area (Å²) < 4.78 is 11.0. The number of methoxy groups -OCH3 is 1. The predicted octanol–water partition coefficient (Wildman–Crippen LogP) is 2.82. The summed E-state index contributed by atoms with van der Waals surface area (Å²) in [6.07, 6.45) is 2.66. The highest BCUT2D eigenvalue weighted by molar-refractivity contribution is 9.10. The smallest absolute Gasteiger partial charge is 0.345 e. The summed E-state index contributed by atoms with van der Waals surface area (Å²) in [4.78, 5) is 19.2. The van der Waals surface area contributed by atoms with Gasteiger partial charge in [-0.1, -0.05) is 12.1 Å². The summed E-state index contributed by atoms with van der Waals surface area (Å²) in [5.74, 6) is 0.169. The zero-order valence-electron chi connectivity index (χ0n) is 9.46. The van der Waals surface area contributed by atoms with Crippen LogP contribution < -0.4 is 4.74 Å². The molecule has 0 bridgehead atoms. The number of halogens is 1. The van der Waals surface area contributed by atoms with E-state index in [0.29, 0.717) is 5.75 Å². The van der Waals surface area contributed by atoms with Crippen LogP contribution in [0.25, 0.3) is 0 Å². The molecule has 18 heavy (non-hydrogen) atoms. The molecule has 0 atom stereocenters. The van der Waals surface area contributed by atoms with Gasteiger partial charge in [0, 0.05) is 6.20 Å². The van der Waals surface area contributed by atoms with Gasteiger partial charge in [0.1, 0.15) is 17.6 Å². The van der Waals surface area contributed by atoms with E-state index in [2.05, 4.69) is 30.6 Å². The van der Waals surface area contributed by atoms with Gasteiger partial charge in [0.05, 0.1) is 11.6 Å². The van der Waals surface area contributed by atoms with Crippen molar-refractivity contribution >= 4 is 21.9 Å². The van der Waals surface area contributed by atoms with E-state index in [4.69, 9.17) is 4.74 Å². The minimum absolute atomic E-state index is 0.156. The van der Waals surface area contributed by atoms with Crippen LogP contribution in [0.15, 0.2) is 41.3 Å². The van der Waals surface area contributed by atoms with Gasteiger partial charge in [0.25, 0.3) is 0 Å². The highest BCUT2D eigenvalue weighted by atomic mass is 79.9. The SMILES string of the molecule is COC(=O)c1cncnc1Oc1ccccc1Br. The first-order valence-electron chi connectivity index (χ1n) is 5.03. The van der Waals surface area contributed by atoms with E-state index in [0.717, 1.165) is 4.47 Å². The van der Waals surface area contributed by atoms with Gasteiger partial charge in [0.2, 0.25) is 5.88 Å². The average molecular weight is 309 g/mol. The molecule has 0 fully saturated rings. The topological polar surface area (TPSA) is 61.3 Å². The number of ether oxygens (including phenoxy) is 2. The predicted molar refractivity (Wildman–Crippen MR) is 67.6 cm³/mol. The Morgan fingerprint density at radius 3 is 2.83 bits per heavy atom. The van der Waals surface area contributed by atoms with E-state index in [1.54, 1.807) is 6.07 Å². The Morgan fingerprint density at radius 1 is 1.33 bits per heavy atom. The molecule has 2 aromatic rings. The van der Waals surface area contributed by atoms with E-state index in [9.17, 15) is 4.79 Å². The van der Waals surface area contributed by atoms with E-state index in [1.165, 1.54) is 19.6 Å². The standard InChI is InChI=1S/C12H9BrN2O3/c1-17-12(16)8-6-14-7-15-11(8)18-10-5-3-2-4-9(10)13/h2-7H,1H3. The van der Waals surface area contributed by atoms with Gasteiger partial charge in [-0.2, -0.15) is 0 Å². The van der Waals surface area contributed by atoms with Crippen molar-refractivity contribution in [2.45, 2.75) is 0 Å². The maximum absolute atomic E-state index is 11.5. The number of carbonyl (C=O) groups is 1. The fraction of sp³-hybridized carbons (Fsp3) is 0.0833. The third kappa shape index (κ3) is 2.65. The number of aromatic nitrogens is 2. The van der Waals surface area contributed by atoms with Gasteiger partial charge < -0.3 is 9.47 Å². The Kier molecular flexibility index (Phi) is 3.88. The van der Waals surface area contributed by atoms with Crippen molar-refractivity contribution in [2.24, 2.45) is 0 Å². The summed E-state index contributed by atoms with van der Waals surface area (Å²) in [5.41, 5.74) is 0.177. The lowest BCUT2D eigenvalue weighted by molar-refractivity contribution is 0.0596. The highest BCUT2D eigenvalue weighted by Gasteiger charge is 2.15. The molecule has 2 rings (SSSR count). The highest BCUT2D eigenvalue weighted by Crippen LogP contribution is 2.29. The van der Waals surface area contributed by atoms with Gasteiger partial charge in [0.15, 0.2) is 0 Å². The van der Waals surface area contributed by atoms with Crippen molar-refractivity contribution in [1.82, 2.24) is 9.97 Å². The number of rotatable bonds is 3. The van der Waals surface area contributed by atoms with Crippen molar-refractivity contribution in [2.75, 3.05) is 7.11 Å². The van der Waals surface area contributed by atoms with Crippen molar-refractivity contribution in [3.8, 4) is 11.6 Å². The fourth-order valence-electron chi connectivity index (χ4n) is 1.28. The summed E-state index contributed by atoms with van der Waals surface area (Å²) in [6.45, 7) is 0. The van der Waals surface area contributed by atoms with Crippen molar-refractivity contribution < 1.29 is 14.3 Å². The number of benzene rings is 1. The number of carbonyl (C=O) groups excluding carboxylic acids is 1. The average Bonchev–Trinajstić information content (AvgIpc) is 2.41. The van der Waals surface area contributed by atoms with Crippen LogP contribution >= 0.6 is 15.9 Å². The molecule has 1 aromatic heterocycles. The normalized spacial score (nSPS) is 9.89. The Morgan fingerprint density at radius 2 is 2.11 bits per heavy atom. The lowest BCUT2D eigenvalue weighted by Crippen LogP contribution is -2.05. The molecule has 0 spiro atoms.